The number of nitrogen functional groups attached to an aromatic ring is 1. The lowest BCUT2D eigenvalue weighted by molar-refractivity contribution is 0.622. The van der Waals surface area contributed by atoms with Gasteiger partial charge < -0.3 is 5.73 Å². The first-order chi connectivity index (χ1) is 7.18. The van der Waals surface area contributed by atoms with Crippen LogP contribution in [-0.4, -0.2) is 4.98 Å². The molecule has 0 fully saturated rings. The van der Waals surface area contributed by atoms with Crippen molar-refractivity contribution in [2.75, 3.05) is 5.73 Å². The van der Waals surface area contributed by atoms with Crippen LogP contribution in [0.3, 0.4) is 0 Å². The first-order valence-corrected chi connectivity index (χ1v) is 4.33. The summed E-state index contributed by atoms with van der Waals surface area (Å²) in [5.74, 6) is -1.04. The third kappa shape index (κ3) is 1.79. The zero-order valence-electron chi connectivity index (χ0n) is 7.74. The van der Waals surface area contributed by atoms with Gasteiger partial charge in [0.1, 0.15) is 11.6 Å². The van der Waals surface area contributed by atoms with Gasteiger partial charge in [-0.25, -0.2) is 8.78 Å². The molecule has 1 heterocycles. The molecule has 0 aliphatic rings. The van der Waals surface area contributed by atoms with Crippen LogP contribution in [0, 0.1) is 11.6 Å². The molecule has 2 rings (SSSR count). The number of anilines is 1. The molecule has 0 atom stereocenters. The predicted octanol–water partition coefficient (Wildman–Crippen LogP) is 2.61. The number of pyridine rings is 1. The van der Waals surface area contributed by atoms with E-state index in [1.807, 2.05) is 0 Å². The molecule has 0 saturated heterocycles. The van der Waals surface area contributed by atoms with Crippen LogP contribution >= 0.6 is 0 Å². The number of rotatable bonds is 1. The van der Waals surface area contributed by atoms with E-state index in [1.54, 1.807) is 6.07 Å². The Morgan fingerprint density at radius 1 is 1.07 bits per heavy atom. The van der Waals surface area contributed by atoms with E-state index in [9.17, 15) is 8.78 Å². The van der Waals surface area contributed by atoms with Crippen LogP contribution in [0.15, 0.2) is 36.7 Å². The summed E-state index contributed by atoms with van der Waals surface area (Å²) in [5, 5.41) is 0. The highest BCUT2D eigenvalue weighted by molar-refractivity contribution is 5.65. The lowest BCUT2D eigenvalue weighted by atomic mass is 10.1. The fraction of sp³-hybridized carbons (Fsp3) is 0. The highest BCUT2D eigenvalue weighted by Gasteiger charge is 2.06. The minimum atomic E-state index is -0.552. The molecule has 4 heteroatoms. The number of nitrogens with zero attached hydrogens (tertiary/aromatic N) is 1. The number of aromatic nitrogens is 1. The van der Waals surface area contributed by atoms with Crippen molar-refractivity contribution < 1.29 is 8.78 Å². The van der Waals surface area contributed by atoms with Gasteiger partial charge in [-0.05, 0) is 23.8 Å². The van der Waals surface area contributed by atoms with Crippen molar-refractivity contribution in [2.24, 2.45) is 0 Å². The van der Waals surface area contributed by atoms with Crippen molar-refractivity contribution in [3.63, 3.8) is 0 Å². The summed E-state index contributed by atoms with van der Waals surface area (Å²) < 4.78 is 26.4. The zero-order chi connectivity index (χ0) is 10.8. The summed E-state index contributed by atoms with van der Waals surface area (Å²) in [6.07, 6.45) is 2.54. The quantitative estimate of drug-likeness (QED) is 0.728. The number of halogens is 2. The summed E-state index contributed by atoms with van der Waals surface area (Å²) in [4.78, 5) is 3.62. The Morgan fingerprint density at radius 2 is 1.87 bits per heavy atom. The van der Waals surface area contributed by atoms with Crippen LogP contribution in [0.4, 0.5) is 14.5 Å². The molecule has 0 aliphatic heterocycles. The summed E-state index contributed by atoms with van der Waals surface area (Å²) in [6, 6.07) is 5.66. The van der Waals surface area contributed by atoms with Crippen molar-refractivity contribution in [2.45, 2.75) is 0 Å². The normalized spacial score (nSPS) is 10.3. The molecule has 0 unspecified atom stereocenters. The van der Waals surface area contributed by atoms with Gasteiger partial charge in [0, 0.05) is 11.8 Å². The molecule has 1 aromatic heterocycles. The van der Waals surface area contributed by atoms with Gasteiger partial charge in [0.15, 0.2) is 0 Å². The molecule has 0 spiro atoms. The van der Waals surface area contributed by atoms with E-state index in [0.717, 1.165) is 6.20 Å². The van der Waals surface area contributed by atoms with Crippen LogP contribution < -0.4 is 5.73 Å². The zero-order valence-corrected chi connectivity index (χ0v) is 7.74. The second-order valence-electron chi connectivity index (χ2n) is 3.09. The fourth-order valence-corrected chi connectivity index (χ4v) is 1.30. The summed E-state index contributed by atoms with van der Waals surface area (Å²) >= 11 is 0. The molecule has 2 N–H and O–H groups in total. The van der Waals surface area contributed by atoms with E-state index in [2.05, 4.69) is 4.98 Å². The third-order valence-electron chi connectivity index (χ3n) is 2.08. The molecule has 15 heavy (non-hydrogen) atoms. The molecule has 2 nitrogen and oxygen atoms in total. The maximum Gasteiger partial charge on any atom is 0.149 e. The van der Waals surface area contributed by atoms with Crippen LogP contribution in [0.2, 0.25) is 0 Å². The lowest BCUT2D eigenvalue weighted by Gasteiger charge is -2.03. The van der Waals surface area contributed by atoms with Crippen LogP contribution in [0.5, 0.6) is 0 Å². The lowest BCUT2D eigenvalue weighted by Crippen LogP contribution is -1.92. The van der Waals surface area contributed by atoms with E-state index in [-0.39, 0.29) is 5.69 Å². The Morgan fingerprint density at radius 3 is 2.53 bits per heavy atom. The number of hydrogen-bond acceptors (Lipinski definition) is 2. The standard InChI is InChI=1S/C11H8F2N2/c12-9-5-7(1-2-11(9)14)8-3-4-15-6-10(8)13/h1-6H,14H2. The molecule has 1 aromatic carbocycles. The number of nitrogens with two attached hydrogens (primary N) is 1. The molecule has 0 saturated carbocycles. The third-order valence-corrected chi connectivity index (χ3v) is 2.08. The first-order valence-electron chi connectivity index (χ1n) is 4.33. The topological polar surface area (TPSA) is 38.9 Å². The molecular formula is C11H8F2N2. The van der Waals surface area contributed by atoms with Gasteiger partial charge in [-0.2, -0.15) is 0 Å². The Labute approximate surface area is 85.4 Å². The van der Waals surface area contributed by atoms with Crippen LogP contribution in [0.25, 0.3) is 11.1 Å². The minimum absolute atomic E-state index is 0.0493. The van der Waals surface area contributed by atoms with Crippen LogP contribution in [0.1, 0.15) is 0 Å². The van der Waals surface area contributed by atoms with Gasteiger partial charge in [-0.3, -0.25) is 4.98 Å². The Hall–Kier alpha value is -1.97. The van der Waals surface area contributed by atoms with Gasteiger partial charge in [-0.1, -0.05) is 6.07 Å². The first kappa shape index (κ1) is 9.58. The Bertz CT molecular complexity index is 498. The molecule has 76 valence electrons. The van der Waals surface area contributed by atoms with E-state index in [4.69, 9.17) is 5.73 Å². The van der Waals surface area contributed by atoms with Crippen molar-refractivity contribution in [1.29, 1.82) is 0 Å². The highest BCUT2D eigenvalue weighted by Crippen LogP contribution is 2.24. The molecule has 0 bridgehead atoms. The van der Waals surface area contributed by atoms with E-state index >= 15 is 0 Å². The average Bonchev–Trinajstić information content (AvgIpc) is 2.23. The summed E-state index contributed by atoms with van der Waals surface area (Å²) in [5.41, 5.74) is 6.13. The molecule has 0 radical (unpaired) electrons. The monoisotopic (exact) mass is 206 g/mol. The molecule has 0 amide bonds. The van der Waals surface area contributed by atoms with Crippen molar-refractivity contribution in [3.8, 4) is 11.1 Å². The van der Waals surface area contributed by atoms with Crippen molar-refractivity contribution >= 4 is 5.69 Å². The maximum atomic E-state index is 13.3. The van der Waals surface area contributed by atoms with E-state index < -0.39 is 11.6 Å². The number of benzene rings is 1. The van der Waals surface area contributed by atoms with Gasteiger partial charge in [-0.15, -0.1) is 0 Å². The van der Waals surface area contributed by atoms with E-state index in [0.29, 0.717) is 11.1 Å². The largest absolute Gasteiger partial charge is 0.396 e. The van der Waals surface area contributed by atoms with Gasteiger partial charge in [0.2, 0.25) is 0 Å². The van der Waals surface area contributed by atoms with Gasteiger partial charge in [0.05, 0.1) is 11.9 Å². The maximum absolute atomic E-state index is 13.3. The minimum Gasteiger partial charge on any atom is -0.396 e. The number of hydrogen-bond donors (Lipinski definition) is 1. The molecule has 0 aliphatic carbocycles. The highest BCUT2D eigenvalue weighted by atomic mass is 19.1. The SMILES string of the molecule is Nc1ccc(-c2ccncc2F)cc1F. The summed E-state index contributed by atoms with van der Waals surface area (Å²) in [7, 11) is 0. The Balaban J connectivity index is 2.55. The van der Waals surface area contributed by atoms with Crippen LogP contribution in [-0.2, 0) is 0 Å². The average molecular weight is 206 g/mol. The smallest absolute Gasteiger partial charge is 0.149 e. The second-order valence-corrected chi connectivity index (χ2v) is 3.09. The van der Waals surface area contributed by atoms with Gasteiger partial charge >= 0.3 is 0 Å². The second kappa shape index (κ2) is 3.65. The Kier molecular flexibility index (Phi) is 2.33. The van der Waals surface area contributed by atoms with Crippen molar-refractivity contribution in [3.05, 3.63) is 48.3 Å². The van der Waals surface area contributed by atoms with E-state index in [1.165, 1.54) is 24.4 Å². The predicted molar refractivity (Wildman–Crippen MR) is 54.0 cm³/mol. The fourth-order valence-electron chi connectivity index (χ4n) is 1.30. The summed E-state index contributed by atoms with van der Waals surface area (Å²) in [6.45, 7) is 0. The molecular weight excluding hydrogens is 198 g/mol. The van der Waals surface area contributed by atoms with Crippen molar-refractivity contribution in [1.82, 2.24) is 4.98 Å². The molecule has 2 aromatic rings. The van der Waals surface area contributed by atoms with Gasteiger partial charge in [0.25, 0.3) is 0 Å².